The van der Waals surface area contributed by atoms with E-state index < -0.39 is 15.9 Å². The van der Waals surface area contributed by atoms with Gasteiger partial charge in [-0.05, 0) is 75.4 Å². The van der Waals surface area contributed by atoms with Crippen LogP contribution in [0, 0.1) is 33.6 Å². The quantitative estimate of drug-likeness (QED) is 0.439. The molecule has 1 unspecified atom stereocenters. The summed E-state index contributed by atoms with van der Waals surface area (Å²) in [5.41, 5.74) is 4.92. The van der Waals surface area contributed by atoms with Crippen molar-refractivity contribution in [3.05, 3.63) is 75.1 Å². The maximum atomic E-state index is 13.7. The van der Waals surface area contributed by atoms with Crippen molar-refractivity contribution in [2.45, 2.75) is 45.4 Å². The molecule has 9 heteroatoms. The van der Waals surface area contributed by atoms with Gasteiger partial charge in [-0.1, -0.05) is 52.7 Å². The Kier molecular flexibility index (Phi) is 7.68. The zero-order valence-corrected chi connectivity index (χ0v) is 22.4. The third kappa shape index (κ3) is 5.56. The average molecular weight is 528 g/mol. The highest BCUT2D eigenvalue weighted by Gasteiger charge is 2.37. The minimum atomic E-state index is -3.94. The number of aromatic nitrogens is 1. The molecule has 2 aromatic carbocycles. The lowest BCUT2D eigenvalue weighted by Crippen LogP contribution is -2.43. The van der Waals surface area contributed by atoms with Gasteiger partial charge in [-0.25, -0.2) is 8.42 Å². The van der Waals surface area contributed by atoms with Gasteiger partial charge in [-0.3, -0.25) is 4.79 Å². The Morgan fingerprint density at radius 2 is 1.83 bits per heavy atom. The van der Waals surface area contributed by atoms with Crippen molar-refractivity contribution in [2.24, 2.45) is 5.92 Å². The number of amides is 1. The van der Waals surface area contributed by atoms with Crippen molar-refractivity contribution in [3.8, 4) is 0 Å². The standard InChI is InChI=1S/C27H30ClN3O4S/c1-17-7-9-19(3)21(14-17)10-12-25-26(20(4)30-35-25)36(33,34)31-13-5-6-22(16-31)27(32)29-24-11-8-18(2)15-23(24)28/h7-12,14-15,22H,5-6,13,16H2,1-4H3,(H,29,32)/b12-10+. The normalized spacial score (nSPS) is 17.0. The molecule has 7 nitrogen and oxygen atoms in total. The fourth-order valence-electron chi connectivity index (χ4n) is 4.36. The van der Waals surface area contributed by atoms with E-state index >= 15 is 0 Å². The molecule has 0 spiro atoms. The monoisotopic (exact) mass is 527 g/mol. The molecule has 1 fully saturated rings. The van der Waals surface area contributed by atoms with Gasteiger partial charge in [0.1, 0.15) is 5.69 Å². The number of rotatable bonds is 6. The number of nitrogens with one attached hydrogen (secondary N) is 1. The minimum absolute atomic E-state index is 0.0340. The van der Waals surface area contributed by atoms with E-state index in [4.69, 9.17) is 16.1 Å². The largest absolute Gasteiger partial charge is 0.355 e. The first-order valence-electron chi connectivity index (χ1n) is 11.8. The van der Waals surface area contributed by atoms with Gasteiger partial charge in [0.15, 0.2) is 10.7 Å². The van der Waals surface area contributed by atoms with Crippen molar-refractivity contribution in [3.63, 3.8) is 0 Å². The van der Waals surface area contributed by atoms with E-state index in [0.717, 1.165) is 22.3 Å². The first-order valence-corrected chi connectivity index (χ1v) is 13.7. The number of carbonyl (C=O) groups is 1. The maximum absolute atomic E-state index is 13.7. The van der Waals surface area contributed by atoms with Gasteiger partial charge in [0, 0.05) is 13.1 Å². The van der Waals surface area contributed by atoms with E-state index in [1.165, 1.54) is 4.31 Å². The second-order valence-electron chi connectivity index (χ2n) is 9.33. The summed E-state index contributed by atoms with van der Waals surface area (Å²) in [6.07, 6.45) is 4.63. The molecule has 1 atom stereocenters. The molecule has 1 amide bonds. The molecule has 1 aliphatic heterocycles. The van der Waals surface area contributed by atoms with Crippen LogP contribution in [0.3, 0.4) is 0 Å². The van der Waals surface area contributed by atoms with Crippen LogP contribution in [0.25, 0.3) is 12.2 Å². The number of hydrogen-bond acceptors (Lipinski definition) is 5. The van der Waals surface area contributed by atoms with Gasteiger partial charge < -0.3 is 9.84 Å². The van der Waals surface area contributed by atoms with Crippen LogP contribution in [0.15, 0.2) is 45.8 Å². The molecule has 0 bridgehead atoms. The predicted molar refractivity (Wildman–Crippen MR) is 142 cm³/mol. The first kappa shape index (κ1) is 26.1. The number of hydrogen-bond donors (Lipinski definition) is 1. The van der Waals surface area contributed by atoms with Gasteiger partial charge in [0.25, 0.3) is 0 Å². The van der Waals surface area contributed by atoms with E-state index in [2.05, 4.69) is 10.5 Å². The molecule has 1 aliphatic rings. The van der Waals surface area contributed by atoms with Gasteiger partial charge >= 0.3 is 0 Å². The maximum Gasteiger partial charge on any atom is 0.248 e. The van der Waals surface area contributed by atoms with E-state index in [1.807, 2.05) is 51.1 Å². The van der Waals surface area contributed by atoms with Gasteiger partial charge in [-0.2, -0.15) is 4.31 Å². The third-order valence-corrected chi connectivity index (χ3v) is 8.75. The summed E-state index contributed by atoms with van der Waals surface area (Å²) in [7, 11) is -3.94. The lowest BCUT2D eigenvalue weighted by Gasteiger charge is -2.31. The number of aryl methyl sites for hydroxylation is 4. The van der Waals surface area contributed by atoms with Crippen LogP contribution in [-0.4, -0.2) is 36.9 Å². The molecule has 1 N–H and O–H groups in total. The van der Waals surface area contributed by atoms with Gasteiger partial charge in [0.2, 0.25) is 15.9 Å². The number of benzene rings is 2. The smallest absolute Gasteiger partial charge is 0.248 e. The van der Waals surface area contributed by atoms with Crippen molar-refractivity contribution in [2.75, 3.05) is 18.4 Å². The van der Waals surface area contributed by atoms with E-state index in [1.54, 1.807) is 25.1 Å². The van der Waals surface area contributed by atoms with Crippen molar-refractivity contribution < 1.29 is 17.7 Å². The molecule has 3 aromatic rings. The molecule has 36 heavy (non-hydrogen) atoms. The summed E-state index contributed by atoms with van der Waals surface area (Å²) in [5, 5.41) is 7.23. The molecular weight excluding hydrogens is 498 g/mol. The Morgan fingerprint density at radius 3 is 2.58 bits per heavy atom. The summed E-state index contributed by atoms with van der Waals surface area (Å²) in [6, 6.07) is 11.5. The van der Waals surface area contributed by atoms with Crippen molar-refractivity contribution in [1.29, 1.82) is 0 Å². The number of piperidine rings is 1. The molecule has 0 radical (unpaired) electrons. The third-order valence-electron chi connectivity index (χ3n) is 6.42. The highest BCUT2D eigenvalue weighted by atomic mass is 35.5. The van der Waals surface area contributed by atoms with Crippen molar-refractivity contribution in [1.82, 2.24) is 9.46 Å². The number of anilines is 1. The molecule has 1 aromatic heterocycles. The number of carbonyl (C=O) groups excluding carboxylic acids is 1. The highest BCUT2D eigenvalue weighted by molar-refractivity contribution is 7.89. The van der Waals surface area contributed by atoms with Crippen LogP contribution in [0.2, 0.25) is 5.02 Å². The summed E-state index contributed by atoms with van der Waals surface area (Å²) in [4.78, 5) is 13.0. The number of halogens is 1. The first-order chi connectivity index (χ1) is 17.1. The van der Waals surface area contributed by atoms with E-state index in [9.17, 15) is 13.2 Å². The van der Waals surface area contributed by atoms with Crippen LogP contribution in [-0.2, 0) is 14.8 Å². The zero-order valence-electron chi connectivity index (χ0n) is 20.8. The second kappa shape index (κ2) is 10.6. The van der Waals surface area contributed by atoms with Gasteiger partial charge in [0.05, 0.1) is 16.6 Å². The Hall–Kier alpha value is -2.94. The Balaban J connectivity index is 1.55. The summed E-state index contributed by atoms with van der Waals surface area (Å²) >= 11 is 6.26. The van der Waals surface area contributed by atoms with Crippen LogP contribution in [0.5, 0.6) is 0 Å². The Morgan fingerprint density at radius 1 is 1.11 bits per heavy atom. The van der Waals surface area contributed by atoms with Crippen LogP contribution >= 0.6 is 11.6 Å². The van der Waals surface area contributed by atoms with Crippen LogP contribution in [0.4, 0.5) is 5.69 Å². The molecule has 1 saturated heterocycles. The lowest BCUT2D eigenvalue weighted by molar-refractivity contribution is -0.120. The zero-order chi connectivity index (χ0) is 26.0. The van der Waals surface area contributed by atoms with E-state index in [-0.39, 0.29) is 28.8 Å². The second-order valence-corrected chi connectivity index (χ2v) is 11.6. The molecule has 2 heterocycles. The Labute approximate surface area is 217 Å². The topological polar surface area (TPSA) is 92.5 Å². The number of nitrogens with zero attached hydrogens (tertiary/aromatic N) is 2. The summed E-state index contributed by atoms with van der Waals surface area (Å²) < 4.78 is 34.1. The molecule has 190 valence electrons. The molecule has 0 saturated carbocycles. The molecular formula is C27H30ClN3O4S. The lowest BCUT2D eigenvalue weighted by atomic mass is 9.98. The van der Waals surface area contributed by atoms with E-state index in [0.29, 0.717) is 30.1 Å². The van der Waals surface area contributed by atoms with Gasteiger partial charge in [-0.15, -0.1) is 0 Å². The Bertz CT molecular complexity index is 1430. The van der Waals surface area contributed by atoms with Crippen LogP contribution in [0.1, 0.15) is 46.5 Å². The molecule has 4 rings (SSSR count). The fraction of sp³-hybridized carbons (Fsp3) is 0.333. The average Bonchev–Trinajstić information content (AvgIpc) is 3.22. The van der Waals surface area contributed by atoms with Crippen molar-refractivity contribution >= 4 is 45.4 Å². The summed E-state index contributed by atoms with van der Waals surface area (Å²) in [5.74, 6) is -0.579. The molecule has 0 aliphatic carbocycles. The minimum Gasteiger partial charge on any atom is -0.355 e. The summed E-state index contributed by atoms with van der Waals surface area (Å²) in [6.45, 7) is 7.91. The SMILES string of the molecule is Cc1ccc(NC(=O)C2CCCN(S(=O)(=O)c3c(C)noc3/C=C/c3cc(C)ccc3C)C2)c(Cl)c1. The fourth-order valence-corrected chi connectivity index (χ4v) is 6.42. The number of sulfonamides is 1. The van der Waals surface area contributed by atoms with Crippen LogP contribution < -0.4 is 5.32 Å². The highest BCUT2D eigenvalue weighted by Crippen LogP contribution is 2.31. The predicted octanol–water partition coefficient (Wildman–Crippen LogP) is 5.77.